The molecule has 2 aliphatic rings. The van der Waals surface area contributed by atoms with Crippen molar-refractivity contribution in [1.29, 1.82) is 0 Å². The first-order valence-corrected chi connectivity index (χ1v) is 4.86. The number of nitrogens with one attached hydrogen (secondary N) is 2. The van der Waals surface area contributed by atoms with Crippen molar-refractivity contribution in [3.05, 3.63) is 0 Å². The summed E-state index contributed by atoms with van der Waals surface area (Å²) >= 11 is 0. The smallest absolute Gasteiger partial charge is 0.324 e. The highest BCUT2D eigenvalue weighted by Gasteiger charge is 2.35. The van der Waals surface area contributed by atoms with E-state index in [1.165, 1.54) is 20.0 Å². The number of rotatable bonds is 2. The van der Waals surface area contributed by atoms with E-state index < -0.39 is 0 Å². The second kappa shape index (κ2) is 3.64. The quantitative estimate of drug-likeness (QED) is 0.568. The number of ether oxygens (including phenoxy) is 1. The Morgan fingerprint density at radius 2 is 2.08 bits per heavy atom. The first-order chi connectivity index (χ1) is 6.31. The van der Waals surface area contributed by atoms with E-state index in [4.69, 9.17) is 0 Å². The van der Waals surface area contributed by atoms with Crippen LogP contribution < -0.4 is 10.6 Å². The average Bonchev–Trinajstić information content (AvgIpc) is 3.00. The molecule has 1 saturated heterocycles. The normalized spacial score (nSPS) is 34.2. The molecule has 74 valence electrons. The maximum absolute atomic E-state index is 11.1. The van der Waals surface area contributed by atoms with Gasteiger partial charge in [0.05, 0.1) is 7.11 Å². The maximum atomic E-state index is 11.1. The van der Waals surface area contributed by atoms with Gasteiger partial charge in [0.15, 0.2) is 0 Å². The molecule has 0 spiro atoms. The van der Waals surface area contributed by atoms with Crippen LogP contribution in [0, 0.1) is 5.92 Å². The number of methoxy groups -OCH3 is 1. The van der Waals surface area contributed by atoms with E-state index in [-0.39, 0.29) is 12.0 Å². The second-order valence-corrected chi connectivity index (χ2v) is 3.84. The van der Waals surface area contributed by atoms with Crippen LogP contribution >= 0.6 is 0 Å². The van der Waals surface area contributed by atoms with Crippen LogP contribution in [0.1, 0.15) is 12.8 Å². The molecule has 0 amide bonds. The lowest BCUT2D eigenvalue weighted by Gasteiger charge is -2.29. The lowest BCUT2D eigenvalue weighted by atomic mass is 10.1. The van der Waals surface area contributed by atoms with E-state index in [0.29, 0.717) is 12.6 Å². The largest absolute Gasteiger partial charge is 0.468 e. The summed E-state index contributed by atoms with van der Waals surface area (Å²) in [5.74, 6) is 0.674. The minimum absolute atomic E-state index is 0.153. The van der Waals surface area contributed by atoms with Gasteiger partial charge in [-0.1, -0.05) is 0 Å². The highest BCUT2D eigenvalue weighted by atomic mass is 16.5. The van der Waals surface area contributed by atoms with Crippen LogP contribution in [0.25, 0.3) is 0 Å². The lowest BCUT2D eigenvalue weighted by molar-refractivity contribution is -0.143. The van der Waals surface area contributed by atoms with E-state index in [1.807, 2.05) is 0 Å². The Balaban J connectivity index is 1.78. The minimum Gasteiger partial charge on any atom is -0.468 e. The summed E-state index contributed by atoms with van der Waals surface area (Å²) in [5, 5.41) is 6.59. The number of carbonyl (C=O) groups is 1. The van der Waals surface area contributed by atoms with Gasteiger partial charge in [0, 0.05) is 19.1 Å². The topological polar surface area (TPSA) is 50.4 Å². The fourth-order valence-corrected chi connectivity index (χ4v) is 1.82. The number of hydrogen-bond donors (Lipinski definition) is 2. The molecule has 0 aromatic carbocycles. The van der Waals surface area contributed by atoms with Gasteiger partial charge in [-0.3, -0.25) is 4.79 Å². The summed E-state index contributed by atoms with van der Waals surface area (Å²) in [4.78, 5) is 11.1. The summed E-state index contributed by atoms with van der Waals surface area (Å²) in [7, 11) is 1.43. The molecule has 1 heterocycles. The third-order valence-corrected chi connectivity index (χ3v) is 2.85. The van der Waals surface area contributed by atoms with Gasteiger partial charge in [-0.05, 0) is 18.8 Å². The van der Waals surface area contributed by atoms with Gasteiger partial charge in [0.25, 0.3) is 0 Å². The van der Waals surface area contributed by atoms with E-state index in [0.717, 1.165) is 12.5 Å². The zero-order valence-corrected chi connectivity index (χ0v) is 7.88. The van der Waals surface area contributed by atoms with Crippen LogP contribution in [0.3, 0.4) is 0 Å². The van der Waals surface area contributed by atoms with Crippen molar-refractivity contribution in [1.82, 2.24) is 10.6 Å². The Bertz CT molecular complexity index is 196. The Kier molecular flexibility index (Phi) is 2.51. The monoisotopic (exact) mass is 184 g/mol. The van der Waals surface area contributed by atoms with Gasteiger partial charge < -0.3 is 15.4 Å². The van der Waals surface area contributed by atoms with Gasteiger partial charge in [-0.15, -0.1) is 0 Å². The van der Waals surface area contributed by atoms with Gasteiger partial charge in [-0.2, -0.15) is 0 Å². The molecular formula is C9H16N2O2. The van der Waals surface area contributed by atoms with E-state index >= 15 is 0 Å². The Morgan fingerprint density at radius 1 is 1.31 bits per heavy atom. The Hall–Kier alpha value is -0.610. The van der Waals surface area contributed by atoms with Crippen LogP contribution in [0.5, 0.6) is 0 Å². The summed E-state index contributed by atoms with van der Waals surface area (Å²) in [6, 6.07) is 0.418. The molecule has 2 N–H and O–H groups in total. The van der Waals surface area contributed by atoms with E-state index in [1.54, 1.807) is 0 Å². The number of hydrogen-bond acceptors (Lipinski definition) is 4. The molecule has 1 aliphatic carbocycles. The lowest BCUT2D eigenvalue weighted by Crippen LogP contribution is -2.58. The molecule has 2 rings (SSSR count). The van der Waals surface area contributed by atoms with E-state index in [2.05, 4.69) is 15.4 Å². The SMILES string of the molecule is COC(=O)C1CNC(C2CC2)CN1. The zero-order valence-electron chi connectivity index (χ0n) is 7.88. The molecule has 4 nitrogen and oxygen atoms in total. The van der Waals surface area contributed by atoms with Crippen LogP contribution in [-0.4, -0.2) is 38.3 Å². The first-order valence-electron chi connectivity index (χ1n) is 4.86. The van der Waals surface area contributed by atoms with Crippen molar-refractivity contribution >= 4 is 5.97 Å². The summed E-state index contributed by atoms with van der Waals surface area (Å²) < 4.78 is 4.66. The van der Waals surface area contributed by atoms with Gasteiger partial charge in [0.1, 0.15) is 6.04 Å². The standard InChI is InChI=1S/C9H16N2O2/c1-13-9(12)8-5-10-7(4-11-8)6-2-3-6/h6-8,10-11H,2-5H2,1H3. The molecule has 0 bridgehead atoms. The third-order valence-electron chi connectivity index (χ3n) is 2.85. The molecule has 1 saturated carbocycles. The summed E-state index contributed by atoms with van der Waals surface area (Å²) in [6.45, 7) is 1.60. The molecular weight excluding hydrogens is 168 g/mol. The number of piperazine rings is 1. The van der Waals surface area contributed by atoms with Crippen molar-refractivity contribution in [3.63, 3.8) is 0 Å². The fraction of sp³-hybridized carbons (Fsp3) is 0.889. The fourth-order valence-electron chi connectivity index (χ4n) is 1.82. The molecule has 0 aromatic heterocycles. The van der Waals surface area contributed by atoms with Crippen LogP contribution in [0.2, 0.25) is 0 Å². The summed E-state index contributed by atoms with van der Waals surface area (Å²) in [5.41, 5.74) is 0. The van der Waals surface area contributed by atoms with Gasteiger partial charge in [0.2, 0.25) is 0 Å². The third kappa shape index (κ3) is 2.00. The zero-order chi connectivity index (χ0) is 9.26. The highest BCUT2D eigenvalue weighted by molar-refractivity contribution is 5.76. The molecule has 0 aromatic rings. The predicted octanol–water partition coefficient (Wildman–Crippen LogP) is -0.501. The highest BCUT2D eigenvalue weighted by Crippen LogP contribution is 2.32. The molecule has 2 fully saturated rings. The van der Waals surface area contributed by atoms with Crippen LogP contribution in [-0.2, 0) is 9.53 Å². The Morgan fingerprint density at radius 3 is 2.54 bits per heavy atom. The number of carbonyl (C=O) groups excluding carboxylic acids is 1. The molecule has 2 unspecified atom stereocenters. The predicted molar refractivity (Wildman–Crippen MR) is 48.3 cm³/mol. The Labute approximate surface area is 78.0 Å². The molecule has 0 radical (unpaired) electrons. The van der Waals surface area contributed by atoms with Crippen molar-refractivity contribution in [2.45, 2.75) is 24.9 Å². The van der Waals surface area contributed by atoms with Crippen molar-refractivity contribution in [2.24, 2.45) is 5.92 Å². The molecule has 13 heavy (non-hydrogen) atoms. The van der Waals surface area contributed by atoms with Crippen molar-refractivity contribution in [3.8, 4) is 0 Å². The van der Waals surface area contributed by atoms with Crippen molar-refractivity contribution in [2.75, 3.05) is 20.2 Å². The van der Waals surface area contributed by atoms with Crippen LogP contribution in [0.15, 0.2) is 0 Å². The maximum Gasteiger partial charge on any atom is 0.324 e. The van der Waals surface area contributed by atoms with Gasteiger partial charge in [-0.25, -0.2) is 0 Å². The number of esters is 1. The molecule has 1 aliphatic heterocycles. The average molecular weight is 184 g/mol. The van der Waals surface area contributed by atoms with Crippen molar-refractivity contribution < 1.29 is 9.53 Å². The van der Waals surface area contributed by atoms with Crippen LogP contribution in [0.4, 0.5) is 0 Å². The molecule has 4 heteroatoms. The minimum atomic E-state index is -0.165. The summed E-state index contributed by atoms with van der Waals surface area (Å²) in [6.07, 6.45) is 2.67. The van der Waals surface area contributed by atoms with Gasteiger partial charge >= 0.3 is 5.97 Å². The van der Waals surface area contributed by atoms with E-state index in [9.17, 15) is 4.79 Å². The second-order valence-electron chi connectivity index (χ2n) is 3.84. The first kappa shape index (κ1) is 8.97. The molecule has 2 atom stereocenters.